The number of benzene rings is 2. The zero-order chi connectivity index (χ0) is 24.8. The second-order valence-electron chi connectivity index (χ2n) is 9.62. The van der Waals surface area contributed by atoms with Gasteiger partial charge < -0.3 is 14.3 Å². The summed E-state index contributed by atoms with van der Waals surface area (Å²) in [5.74, 6) is -1.02. The van der Waals surface area contributed by atoms with Gasteiger partial charge in [-0.25, -0.2) is 0 Å². The van der Waals surface area contributed by atoms with Crippen LogP contribution in [0.25, 0.3) is 5.76 Å². The zero-order valence-corrected chi connectivity index (χ0v) is 20.3. The van der Waals surface area contributed by atoms with Gasteiger partial charge in [0.1, 0.15) is 23.3 Å². The fraction of sp³-hybridized carbons (Fsp3) is 0.286. The summed E-state index contributed by atoms with van der Waals surface area (Å²) in [4.78, 5) is 28.0. The van der Waals surface area contributed by atoms with E-state index in [1.165, 1.54) is 18.3 Å². The molecule has 1 atom stereocenters. The number of nitrogens with zero attached hydrogens (tertiary/aromatic N) is 1. The molecule has 6 nitrogen and oxygen atoms in total. The molecule has 1 aliphatic rings. The first kappa shape index (κ1) is 23.4. The van der Waals surface area contributed by atoms with Crippen LogP contribution in [0, 0.1) is 13.8 Å². The van der Waals surface area contributed by atoms with E-state index in [-0.39, 0.29) is 16.7 Å². The lowest BCUT2D eigenvalue weighted by Crippen LogP contribution is -2.29. The lowest BCUT2D eigenvalue weighted by Gasteiger charge is -2.24. The molecule has 176 valence electrons. The number of aryl methyl sites for hydroxylation is 2. The summed E-state index contributed by atoms with van der Waals surface area (Å²) in [6.07, 6.45) is 1.48. The predicted molar refractivity (Wildman–Crippen MR) is 131 cm³/mol. The van der Waals surface area contributed by atoms with Crippen molar-refractivity contribution in [2.45, 2.75) is 46.1 Å². The number of aliphatic hydroxyl groups is 1. The van der Waals surface area contributed by atoms with Gasteiger partial charge in [-0.1, -0.05) is 32.9 Å². The molecule has 6 heteroatoms. The number of Topliss-reactive ketones (excluding diaryl/α,β-unsaturated/α-hetero) is 1. The quantitative estimate of drug-likeness (QED) is 0.302. The summed E-state index contributed by atoms with van der Waals surface area (Å²) in [6, 6.07) is 13.5. The minimum atomic E-state index is -0.917. The maximum absolute atomic E-state index is 13.4. The molecule has 0 spiro atoms. The number of aliphatic hydroxyl groups excluding tert-OH is 1. The molecule has 1 aromatic heterocycles. The number of ketones is 1. The molecular weight excluding hydrogens is 430 g/mol. The summed E-state index contributed by atoms with van der Waals surface area (Å²) in [6.45, 7) is 10.1. The molecule has 1 fully saturated rings. The molecule has 1 saturated heterocycles. The molecule has 2 heterocycles. The average Bonchev–Trinajstić information content (AvgIpc) is 3.41. The average molecular weight is 460 g/mol. The highest BCUT2D eigenvalue weighted by Crippen LogP contribution is 2.44. The van der Waals surface area contributed by atoms with Crippen LogP contribution in [0.2, 0.25) is 0 Å². The van der Waals surface area contributed by atoms with Gasteiger partial charge >= 0.3 is 0 Å². The number of amides is 1. The van der Waals surface area contributed by atoms with Gasteiger partial charge in [0, 0.05) is 5.69 Å². The van der Waals surface area contributed by atoms with Gasteiger partial charge in [0.05, 0.1) is 24.5 Å². The van der Waals surface area contributed by atoms with Crippen molar-refractivity contribution < 1.29 is 23.8 Å². The van der Waals surface area contributed by atoms with Crippen LogP contribution >= 0.6 is 0 Å². The molecule has 1 N–H and O–H groups in total. The van der Waals surface area contributed by atoms with Gasteiger partial charge in [-0.15, -0.1) is 0 Å². The van der Waals surface area contributed by atoms with Crippen LogP contribution in [-0.2, 0) is 15.0 Å². The molecule has 4 rings (SSSR count). The molecule has 0 saturated carbocycles. The number of carbonyl (C=O) groups excluding carboxylic acids is 2. The van der Waals surface area contributed by atoms with Crippen molar-refractivity contribution in [2.24, 2.45) is 0 Å². The third-order valence-corrected chi connectivity index (χ3v) is 6.35. The molecule has 0 radical (unpaired) electrons. The number of carbonyl (C=O) groups is 2. The molecule has 1 amide bonds. The zero-order valence-electron chi connectivity index (χ0n) is 20.3. The number of hydrogen-bond acceptors (Lipinski definition) is 5. The first-order valence-corrected chi connectivity index (χ1v) is 11.1. The topological polar surface area (TPSA) is 80.0 Å². The highest BCUT2D eigenvalue weighted by molar-refractivity contribution is 6.51. The molecule has 1 aliphatic heterocycles. The fourth-order valence-electron chi connectivity index (χ4n) is 4.19. The van der Waals surface area contributed by atoms with Crippen molar-refractivity contribution in [2.75, 3.05) is 12.0 Å². The van der Waals surface area contributed by atoms with Gasteiger partial charge in [-0.3, -0.25) is 14.5 Å². The van der Waals surface area contributed by atoms with Crippen LogP contribution < -0.4 is 9.64 Å². The molecular formula is C28H29NO5. The summed E-state index contributed by atoms with van der Waals surface area (Å²) < 4.78 is 11.1. The van der Waals surface area contributed by atoms with Crippen molar-refractivity contribution in [3.8, 4) is 5.75 Å². The van der Waals surface area contributed by atoms with E-state index in [0.29, 0.717) is 22.8 Å². The summed E-state index contributed by atoms with van der Waals surface area (Å²) in [7, 11) is 1.50. The molecule has 3 aromatic rings. The lowest BCUT2D eigenvalue weighted by atomic mass is 9.85. The van der Waals surface area contributed by atoms with Gasteiger partial charge in [-0.2, -0.15) is 0 Å². The summed E-state index contributed by atoms with van der Waals surface area (Å²) in [5, 5.41) is 11.5. The Balaban J connectivity index is 1.97. The highest BCUT2D eigenvalue weighted by Gasteiger charge is 2.48. The van der Waals surface area contributed by atoms with Gasteiger partial charge in [0.25, 0.3) is 11.7 Å². The first-order chi connectivity index (χ1) is 16.0. The second kappa shape index (κ2) is 8.52. The maximum Gasteiger partial charge on any atom is 0.300 e. The monoisotopic (exact) mass is 459 g/mol. The number of ether oxygens (including phenoxy) is 1. The molecule has 1 unspecified atom stereocenters. The minimum absolute atomic E-state index is 0.0393. The number of anilines is 1. The van der Waals surface area contributed by atoms with E-state index in [0.717, 1.165) is 16.7 Å². The Kier molecular flexibility index (Phi) is 5.86. The Morgan fingerprint density at radius 2 is 1.76 bits per heavy atom. The van der Waals surface area contributed by atoms with Crippen LogP contribution in [0.3, 0.4) is 0 Å². The SMILES string of the molecule is COc1ccc(C(C)(C)C)cc1/C(O)=C1\C(=O)C(=O)N(c2ccc(C)c(C)c2)C1c1ccco1. The number of furan rings is 1. The van der Waals surface area contributed by atoms with E-state index < -0.39 is 17.7 Å². The fourth-order valence-corrected chi connectivity index (χ4v) is 4.19. The van der Waals surface area contributed by atoms with Crippen molar-refractivity contribution in [1.29, 1.82) is 0 Å². The van der Waals surface area contributed by atoms with Gasteiger partial charge in [0.15, 0.2) is 0 Å². The Bertz CT molecular complexity index is 1290. The van der Waals surface area contributed by atoms with Crippen LogP contribution in [-0.4, -0.2) is 23.9 Å². The van der Waals surface area contributed by atoms with E-state index in [1.807, 2.05) is 32.0 Å². The van der Waals surface area contributed by atoms with Crippen LogP contribution in [0.4, 0.5) is 5.69 Å². The lowest BCUT2D eigenvalue weighted by molar-refractivity contribution is -0.132. The number of methoxy groups -OCH3 is 1. The predicted octanol–water partition coefficient (Wildman–Crippen LogP) is 5.83. The third-order valence-electron chi connectivity index (χ3n) is 6.35. The molecule has 0 aliphatic carbocycles. The largest absolute Gasteiger partial charge is 0.507 e. The summed E-state index contributed by atoms with van der Waals surface area (Å²) in [5.41, 5.74) is 3.67. The summed E-state index contributed by atoms with van der Waals surface area (Å²) >= 11 is 0. The Morgan fingerprint density at radius 3 is 2.35 bits per heavy atom. The Hall–Kier alpha value is -3.80. The molecule has 0 bridgehead atoms. The van der Waals surface area contributed by atoms with Crippen molar-refractivity contribution >= 4 is 23.1 Å². The minimum Gasteiger partial charge on any atom is -0.507 e. The molecule has 34 heavy (non-hydrogen) atoms. The van der Waals surface area contributed by atoms with Crippen LogP contribution in [0.5, 0.6) is 5.75 Å². The van der Waals surface area contributed by atoms with E-state index >= 15 is 0 Å². The van der Waals surface area contributed by atoms with E-state index in [4.69, 9.17) is 9.15 Å². The Morgan fingerprint density at radius 1 is 1.03 bits per heavy atom. The van der Waals surface area contributed by atoms with Crippen molar-refractivity contribution in [1.82, 2.24) is 0 Å². The maximum atomic E-state index is 13.4. The number of hydrogen-bond donors (Lipinski definition) is 1. The van der Waals surface area contributed by atoms with Crippen molar-refractivity contribution in [3.05, 3.63) is 88.4 Å². The normalized spacial score (nSPS) is 17.9. The van der Waals surface area contributed by atoms with E-state index in [9.17, 15) is 14.7 Å². The second-order valence-corrected chi connectivity index (χ2v) is 9.62. The van der Waals surface area contributed by atoms with Gasteiger partial charge in [0.2, 0.25) is 0 Å². The first-order valence-electron chi connectivity index (χ1n) is 11.1. The van der Waals surface area contributed by atoms with Gasteiger partial charge in [-0.05, 0) is 72.4 Å². The van der Waals surface area contributed by atoms with Crippen molar-refractivity contribution in [3.63, 3.8) is 0 Å². The van der Waals surface area contributed by atoms with E-state index in [2.05, 4.69) is 20.8 Å². The third kappa shape index (κ3) is 3.89. The van der Waals surface area contributed by atoms with E-state index in [1.54, 1.807) is 30.3 Å². The van der Waals surface area contributed by atoms with Crippen LogP contribution in [0.1, 0.15) is 54.8 Å². The van der Waals surface area contributed by atoms with Crippen LogP contribution in [0.15, 0.2) is 64.8 Å². The molecule has 2 aromatic carbocycles. The Labute approximate surface area is 199 Å². The number of rotatable bonds is 4. The smallest absolute Gasteiger partial charge is 0.300 e. The standard InChI is InChI=1S/C28H29NO5/c1-16-9-11-19(14-17(16)2)29-24(22-8-7-13-34-22)23(26(31)27(29)32)25(30)20-15-18(28(3,4)5)10-12-21(20)33-6/h7-15,24,30H,1-6H3/b25-23+. The highest BCUT2D eigenvalue weighted by atomic mass is 16.5.